The lowest BCUT2D eigenvalue weighted by molar-refractivity contribution is -0.136. The highest BCUT2D eigenvalue weighted by atomic mass is 16.5. The van der Waals surface area contributed by atoms with Gasteiger partial charge in [-0.15, -0.1) is 0 Å². The Morgan fingerprint density at radius 3 is 2.50 bits per heavy atom. The Kier molecular flexibility index (Phi) is 5.83. The van der Waals surface area contributed by atoms with Crippen LogP contribution in [0.25, 0.3) is 0 Å². The number of aryl methyl sites for hydroxylation is 2. The Balaban J connectivity index is 1.79. The van der Waals surface area contributed by atoms with Gasteiger partial charge in [0.05, 0.1) is 12.3 Å². The molecule has 116 valence electrons. The van der Waals surface area contributed by atoms with Crippen molar-refractivity contribution >= 4 is 11.7 Å². The fraction of sp³-hybridized carbons (Fsp3) is 0.278. The van der Waals surface area contributed by atoms with Gasteiger partial charge in [-0.1, -0.05) is 36.4 Å². The molecule has 2 rings (SSSR count). The van der Waals surface area contributed by atoms with Gasteiger partial charge in [0.25, 0.3) is 0 Å². The quantitative estimate of drug-likeness (QED) is 0.579. The number of nitrogens with two attached hydrogens (primary N) is 1. The predicted octanol–water partition coefficient (Wildman–Crippen LogP) is 3.30. The first-order valence-corrected chi connectivity index (χ1v) is 7.42. The van der Waals surface area contributed by atoms with Crippen molar-refractivity contribution in [2.75, 3.05) is 12.3 Å². The molecule has 0 aliphatic heterocycles. The Hall–Kier alpha value is -2.49. The lowest BCUT2D eigenvalue weighted by atomic mass is 10.1. The summed E-state index contributed by atoms with van der Waals surface area (Å²) in [6.45, 7) is 0.605. The van der Waals surface area contributed by atoms with Crippen LogP contribution in [-0.4, -0.2) is 17.7 Å². The van der Waals surface area contributed by atoms with E-state index in [1.54, 1.807) is 6.07 Å². The average Bonchev–Trinajstić information content (AvgIpc) is 2.52. The minimum Gasteiger partial charge on any atom is -0.491 e. The van der Waals surface area contributed by atoms with Crippen LogP contribution in [-0.2, 0) is 17.6 Å². The maximum atomic E-state index is 10.6. The molecule has 0 fully saturated rings. The standard InChI is InChI=1S/C18H21NO3/c19-16-13-15(9-11-18(20)21)8-10-17(16)22-12-4-7-14-5-2-1-3-6-14/h1-3,5-6,8,10,13H,4,7,9,11-12,19H2,(H,20,21). The van der Waals surface area contributed by atoms with Crippen molar-refractivity contribution in [1.29, 1.82) is 0 Å². The molecule has 0 unspecified atom stereocenters. The molecule has 0 aliphatic carbocycles. The van der Waals surface area contributed by atoms with E-state index in [1.165, 1.54) is 5.56 Å². The zero-order valence-corrected chi connectivity index (χ0v) is 12.5. The lowest BCUT2D eigenvalue weighted by Gasteiger charge is -2.10. The number of aliphatic carboxylic acids is 1. The highest BCUT2D eigenvalue weighted by Gasteiger charge is 2.04. The van der Waals surface area contributed by atoms with E-state index in [2.05, 4.69) is 12.1 Å². The molecule has 3 N–H and O–H groups in total. The number of anilines is 1. The third-order valence-corrected chi connectivity index (χ3v) is 3.41. The van der Waals surface area contributed by atoms with E-state index in [4.69, 9.17) is 15.6 Å². The Morgan fingerprint density at radius 1 is 1.05 bits per heavy atom. The van der Waals surface area contributed by atoms with Crippen LogP contribution in [0.4, 0.5) is 5.69 Å². The van der Waals surface area contributed by atoms with Gasteiger partial charge in [-0.05, 0) is 42.5 Å². The maximum Gasteiger partial charge on any atom is 0.303 e. The minimum atomic E-state index is -0.806. The summed E-state index contributed by atoms with van der Waals surface area (Å²) in [6, 6.07) is 15.7. The molecule has 0 saturated carbocycles. The molecule has 2 aromatic carbocycles. The fourth-order valence-corrected chi connectivity index (χ4v) is 2.24. The first-order chi connectivity index (χ1) is 10.6. The first-order valence-electron chi connectivity index (χ1n) is 7.42. The van der Waals surface area contributed by atoms with Gasteiger partial charge in [0.15, 0.2) is 0 Å². The van der Waals surface area contributed by atoms with Crippen molar-refractivity contribution in [1.82, 2.24) is 0 Å². The normalized spacial score (nSPS) is 10.4. The summed E-state index contributed by atoms with van der Waals surface area (Å²) >= 11 is 0. The molecule has 0 saturated heterocycles. The summed E-state index contributed by atoms with van der Waals surface area (Å²) < 4.78 is 5.70. The number of hydrogen-bond acceptors (Lipinski definition) is 3. The van der Waals surface area contributed by atoms with Crippen LogP contribution < -0.4 is 10.5 Å². The predicted molar refractivity (Wildman–Crippen MR) is 87.1 cm³/mol. The SMILES string of the molecule is Nc1cc(CCC(=O)O)ccc1OCCCc1ccccc1. The van der Waals surface area contributed by atoms with Gasteiger partial charge in [-0.2, -0.15) is 0 Å². The minimum absolute atomic E-state index is 0.108. The van der Waals surface area contributed by atoms with Crippen molar-refractivity contribution in [2.45, 2.75) is 25.7 Å². The van der Waals surface area contributed by atoms with Crippen molar-refractivity contribution in [3.63, 3.8) is 0 Å². The molecule has 0 aromatic heterocycles. The Labute approximate surface area is 130 Å². The summed E-state index contributed by atoms with van der Waals surface area (Å²) in [5, 5.41) is 8.68. The number of rotatable bonds is 8. The number of hydrogen-bond donors (Lipinski definition) is 2. The van der Waals surface area contributed by atoms with Crippen LogP contribution in [0.15, 0.2) is 48.5 Å². The van der Waals surface area contributed by atoms with Crippen LogP contribution in [0.2, 0.25) is 0 Å². The maximum absolute atomic E-state index is 10.6. The van der Waals surface area contributed by atoms with Crippen LogP contribution in [0.1, 0.15) is 24.0 Å². The third kappa shape index (κ3) is 5.13. The molecular formula is C18H21NO3. The van der Waals surface area contributed by atoms with E-state index in [1.807, 2.05) is 30.3 Å². The molecule has 4 heteroatoms. The molecule has 4 nitrogen and oxygen atoms in total. The monoisotopic (exact) mass is 299 g/mol. The topological polar surface area (TPSA) is 72.6 Å². The molecule has 22 heavy (non-hydrogen) atoms. The summed E-state index contributed by atoms with van der Waals surface area (Å²) in [4.78, 5) is 10.6. The highest BCUT2D eigenvalue weighted by Crippen LogP contribution is 2.23. The highest BCUT2D eigenvalue weighted by molar-refractivity contribution is 5.67. The van der Waals surface area contributed by atoms with Gasteiger partial charge in [-0.25, -0.2) is 0 Å². The average molecular weight is 299 g/mol. The zero-order chi connectivity index (χ0) is 15.8. The summed E-state index contributed by atoms with van der Waals surface area (Å²) in [5.74, 6) is -0.146. The summed E-state index contributed by atoms with van der Waals surface area (Å²) in [7, 11) is 0. The molecule has 0 heterocycles. The molecule has 0 spiro atoms. The van der Waals surface area contributed by atoms with Crippen molar-refractivity contribution in [3.8, 4) is 5.75 Å². The van der Waals surface area contributed by atoms with Gasteiger partial charge in [0.2, 0.25) is 0 Å². The third-order valence-electron chi connectivity index (χ3n) is 3.41. The number of carbonyl (C=O) groups is 1. The Morgan fingerprint density at radius 2 is 1.82 bits per heavy atom. The smallest absolute Gasteiger partial charge is 0.303 e. The van der Waals surface area contributed by atoms with E-state index in [0.717, 1.165) is 18.4 Å². The number of ether oxygens (including phenoxy) is 1. The fourth-order valence-electron chi connectivity index (χ4n) is 2.24. The van der Waals surface area contributed by atoms with Crippen LogP contribution >= 0.6 is 0 Å². The molecule has 0 atom stereocenters. The van der Waals surface area contributed by atoms with Crippen molar-refractivity contribution in [2.24, 2.45) is 0 Å². The summed E-state index contributed by atoms with van der Waals surface area (Å²) in [6.07, 6.45) is 2.48. The zero-order valence-electron chi connectivity index (χ0n) is 12.5. The Bertz CT molecular complexity index is 611. The summed E-state index contributed by atoms with van der Waals surface area (Å²) in [5.41, 5.74) is 8.71. The number of benzene rings is 2. The second kappa shape index (κ2) is 8.08. The molecule has 0 bridgehead atoms. The first kappa shape index (κ1) is 15.9. The molecule has 0 aliphatic rings. The number of carboxylic acid groups (broad SMARTS) is 1. The second-order valence-corrected chi connectivity index (χ2v) is 5.20. The van der Waals surface area contributed by atoms with Crippen LogP contribution in [0, 0.1) is 0 Å². The second-order valence-electron chi connectivity index (χ2n) is 5.20. The van der Waals surface area contributed by atoms with Crippen LogP contribution in [0.3, 0.4) is 0 Å². The van der Waals surface area contributed by atoms with Gasteiger partial charge >= 0.3 is 5.97 Å². The van der Waals surface area contributed by atoms with E-state index < -0.39 is 5.97 Å². The van der Waals surface area contributed by atoms with E-state index >= 15 is 0 Å². The molecular weight excluding hydrogens is 278 g/mol. The largest absolute Gasteiger partial charge is 0.491 e. The van der Waals surface area contributed by atoms with Crippen molar-refractivity contribution < 1.29 is 14.6 Å². The van der Waals surface area contributed by atoms with Crippen molar-refractivity contribution in [3.05, 3.63) is 59.7 Å². The molecule has 0 radical (unpaired) electrons. The van der Waals surface area contributed by atoms with Gasteiger partial charge in [0, 0.05) is 6.42 Å². The lowest BCUT2D eigenvalue weighted by Crippen LogP contribution is -2.03. The van der Waals surface area contributed by atoms with Gasteiger partial charge in [0.1, 0.15) is 5.75 Å². The van der Waals surface area contributed by atoms with Gasteiger partial charge in [-0.3, -0.25) is 4.79 Å². The van der Waals surface area contributed by atoms with E-state index in [9.17, 15) is 4.79 Å². The number of nitrogen functional groups attached to an aromatic ring is 1. The van der Waals surface area contributed by atoms with E-state index in [0.29, 0.717) is 24.5 Å². The molecule has 0 amide bonds. The molecule has 2 aromatic rings. The van der Waals surface area contributed by atoms with Gasteiger partial charge < -0.3 is 15.6 Å². The number of carboxylic acids is 1. The van der Waals surface area contributed by atoms with Crippen LogP contribution in [0.5, 0.6) is 5.75 Å². The van der Waals surface area contributed by atoms with E-state index in [-0.39, 0.29) is 6.42 Å².